The van der Waals surface area contributed by atoms with Crippen LogP contribution in [0.3, 0.4) is 0 Å². The summed E-state index contributed by atoms with van der Waals surface area (Å²) in [7, 11) is 0. The largest absolute Gasteiger partial charge is 0.366 e. The molecule has 0 radical (unpaired) electrons. The first-order chi connectivity index (χ1) is 7.20. The molecule has 0 aliphatic heterocycles. The molecule has 0 fully saturated rings. The second kappa shape index (κ2) is 4.12. The number of nitrogens with two attached hydrogens (primary N) is 1. The van der Waals surface area contributed by atoms with Crippen molar-refractivity contribution < 1.29 is 0 Å². The standard InChI is InChI=1S/C10H14N4S/c1-6(5-11)12-9-4-3-8-7(2)14-15-10(8)13-9/h3-4,6H,5,11H2,1-2H3,(H,12,13). The molecule has 2 heterocycles. The molecule has 0 aromatic carbocycles. The Hall–Kier alpha value is -1.20. The molecule has 80 valence electrons. The zero-order chi connectivity index (χ0) is 10.8. The highest BCUT2D eigenvalue weighted by atomic mass is 32.1. The van der Waals surface area contributed by atoms with Crippen LogP contribution in [0.1, 0.15) is 12.6 Å². The lowest BCUT2D eigenvalue weighted by Crippen LogP contribution is -2.25. The molecule has 4 nitrogen and oxygen atoms in total. The van der Waals surface area contributed by atoms with Gasteiger partial charge in [0.1, 0.15) is 10.6 Å². The minimum Gasteiger partial charge on any atom is -0.366 e. The number of anilines is 1. The van der Waals surface area contributed by atoms with E-state index in [1.54, 1.807) is 0 Å². The molecule has 0 spiro atoms. The van der Waals surface area contributed by atoms with E-state index < -0.39 is 0 Å². The van der Waals surface area contributed by atoms with E-state index >= 15 is 0 Å². The average molecular weight is 222 g/mol. The molecule has 0 saturated carbocycles. The number of nitrogens with zero attached hydrogens (tertiary/aromatic N) is 2. The summed E-state index contributed by atoms with van der Waals surface area (Å²) in [6.45, 7) is 4.63. The first-order valence-electron chi connectivity index (χ1n) is 4.90. The second-order valence-corrected chi connectivity index (χ2v) is 4.35. The molecule has 3 N–H and O–H groups in total. The lowest BCUT2D eigenvalue weighted by Gasteiger charge is -2.11. The molecule has 15 heavy (non-hydrogen) atoms. The van der Waals surface area contributed by atoms with Crippen LogP contribution >= 0.6 is 11.5 Å². The van der Waals surface area contributed by atoms with Crippen LogP contribution < -0.4 is 11.1 Å². The molecular weight excluding hydrogens is 208 g/mol. The number of aromatic nitrogens is 2. The molecular formula is C10H14N4S. The van der Waals surface area contributed by atoms with Gasteiger partial charge in [-0.3, -0.25) is 0 Å². The Morgan fingerprint density at radius 1 is 1.53 bits per heavy atom. The summed E-state index contributed by atoms with van der Waals surface area (Å²) in [5, 5.41) is 4.37. The van der Waals surface area contributed by atoms with Crippen molar-refractivity contribution in [2.75, 3.05) is 11.9 Å². The number of fused-ring (bicyclic) bond motifs is 1. The molecule has 2 aromatic rings. The number of hydrogen-bond acceptors (Lipinski definition) is 5. The Bertz CT molecular complexity index is 465. The average Bonchev–Trinajstić information content (AvgIpc) is 2.60. The first kappa shape index (κ1) is 10.3. The minimum atomic E-state index is 0.240. The van der Waals surface area contributed by atoms with E-state index in [2.05, 4.69) is 14.7 Å². The Morgan fingerprint density at radius 3 is 3.07 bits per heavy atom. The molecule has 2 rings (SSSR count). The van der Waals surface area contributed by atoms with E-state index in [9.17, 15) is 0 Å². The summed E-state index contributed by atoms with van der Waals surface area (Å²) in [4.78, 5) is 5.45. The van der Waals surface area contributed by atoms with Crippen LogP contribution in [0.2, 0.25) is 0 Å². The Labute approximate surface area is 92.7 Å². The van der Waals surface area contributed by atoms with Crippen molar-refractivity contribution in [3.63, 3.8) is 0 Å². The first-order valence-corrected chi connectivity index (χ1v) is 5.67. The minimum absolute atomic E-state index is 0.240. The Balaban J connectivity index is 2.31. The number of rotatable bonds is 3. The highest BCUT2D eigenvalue weighted by molar-refractivity contribution is 7.12. The summed E-state index contributed by atoms with van der Waals surface area (Å²) in [5.74, 6) is 0.865. The van der Waals surface area contributed by atoms with Crippen molar-refractivity contribution in [3.8, 4) is 0 Å². The monoisotopic (exact) mass is 222 g/mol. The van der Waals surface area contributed by atoms with Gasteiger partial charge in [-0.25, -0.2) is 4.98 Å². The molecule has 0 bridgehead atoms. The van der Waals surface area contributed by atoms with Crippen molar-refractivity contribution in [3.05, 3.63) is 17.8 Å². The summed E-state index contributed by atoms with van der Waals surface area (Å²) in [5.41, 5.74) is 6.58. The fourth-order valence-electron chi connectivity index (χ4n) is 1.34. The fraction of sp³-hybridized carbons (Fsp3) is 0.400. The molecule has 0 amide bonds. The summed E-state index contributed by atoms with van der Waals surface area (Å²) in [6.07, 6.45) is 0. The molecule has 2 aromatic heterocycles. The van der Waals surface area contributed by atoms with Gasteiger partial charge in [-0.2, -0.15) is 4.37 Å². The predicted molar refractivity (Wildman–Crippen MR) is 64.3 cm³/mol. The number of aryl methyl sites for hydroxylation is 1. The van der Waals surface area contributed by atoms with Crippen LogP contribution in [0.4, 0.5) is 5.82 Å². The summed E-state index contributed by atoms with van der Waals surface area (Å²) >= 11 is 1.43. The van der Waals surface area contributed by atoms with Gasteiger partial charge < -0.3 is 11.1 Å². The molecule has 1 atom stereocenters. The van der Waals surface area contributed by atoms with Gasteiger partial charge in [0.15, 0.2) is 0 Å². The third-order valence-corrected chi connectivity index (χ3v) is 3.12. The van der Waals surface area contributed by atoms with Gasteiger partial charge in [-0.15, -0.1) is 0 Å². The van der Waals surface area contributed by atoms with Gasteiger partial charge >= 0.3 is 0 Å². The number of pyridine rings is 1. The molecule has 0 aliphatic rings. The van der Waals surface area contributed by atoms with E-state index in [0.29, 0.717) is 6.54 Å². The highest BCUT2D eigenvalue weighted by Gasteiger charge is 2.05. The van der Waals surface area contributed by atoms with E-state index in [0.717, 1.165) is 21.7 Å². The van der Waals surface area contributed by atoms with Gasteiger partial charge in [-0.1, -0.05) is 0 Å². The van der Waals surface area contributed by atoms with Crippen LogP contribution in [-0.4, -0.2) is 21.9 Å². The quantitative estimate of drug-likeness (QED) is 0.830. The third kappa shape index (κ3) is 2.08. The molecule has 0 saturated heterocycles. The van der Waals surface area contributed by atoms with Gasteiger partial charge in [0.25, 0.3) is 0 Å². The van der Waals surface area contributed by atoms with E-state index in [1.165, 1.54) is 11.5 Å². The summed E-state index contributed by atoms with van der Waals surface area (Å²) < 4.78 is 4.26. The maximum atomic E-state index is 5.54. The topological polar surface area (TPSA) is 63.8 Å². The number of nitrogens with one attached hydrogen (secondary N) is 1. The van der Waals surface area contributed by atoms with Gasteiger partial charge in [0, 0.05) is 18.0 Å². The second-order valence-electron chi connectivity index (χ2n) is 3.60. The van der Waals surface area contributed by atoms with Crippen LogP contribution in [-0.2, 0) is 0 Å². The molecule has 0 aliphatic carbocycles. The SMILES string of the molecule is Cc1nsc2nc(NC(C)CN)ccc12. The van der Waals surface area contributed by atoms with Crippen molar-refractivity contribution in [1.82, 2.24) is 9.36 Å². The lowest BCUT2D eigenvalue weighted by atomic mass is 10.3. The lowest BCUT2D eigenvalue weighted by molar-refractivity contribution is 0.799. The predicted octanol–water partition coefficient (Wildman–Crippen LogP) is 1.76. The maximum Gasteiger partial charge on any atom is 0.146 e. The Kier molecular flexibility index (Phi) is 2.83. The van der Waals surface area contributed by atoms with Crippen molar-refractivity contribution >= 4 is 27.6 Å². The van der Waals surface area contributed by atoms with Gasteiger partial charge in [-0.05, 0) is 37.5 Å². The highest BCUT2D eigenvalue weighted by Crippen LogP contribution is 2.22. The van der Waals surface area contributed by atoms with Crippen LogP contribution in [0.25, 0.3) is 10.2 Å². The van der Waals surface area contributed by atoms with E-state index in [1.807, 2.05) is 26.0 Å². The van der Waals surface area contributed by atoms with Gasteiger partial charge in [0.05, 0.1) is 5.69 Å². The maximum absolute atomic E-state index is 5.54. The van der Waals surface area contributed by atoms with Crippen LogP contribution in [0, 0.1) is 6.92 Å². The van der Waals surface area contributed by atoms with Crippen molar-refractivity contribution in [2.45, 2.75) is 19.9 Å². The van der Waals surface area contributed by atoms with E-state index in [4.69, 9.17) is 5.73 Å². The zero-order valence-electron chi connectivity index (χ0n) is 8.82. The molecule has 5 heteroatoms. The fourth-order valence-corrected chi connectivity index (χ4v) is 2.11. The number of hydrogen-bond donors (Lipinski definition) is 2. The normalized spacial score (nSPS) is 13.0. The van der Waals surface area contributed by atoms with Gasteiger partial charge in [0.2, 0.25) is 0 Å². The van der Waals surface area contributed by atoms with Crippen molar-refractivity contribution in [2.24, 2.45) is 5.73 Å². The zero-order valence-corrected chi connectivity index (χ0v) is 9.64. The summed E-state index contributed by atoms with van der Waals surface area (Å²) in [6, 6.07) is 4.26. The molecule has 1 unspecified atom stereocenters. The van der Waals surface area contributed by atoms with Crippen molar-refractivity contribution in [1.29, 1.82) is 0 Å². The van der Waals surface area contributed by atoms with Crippen LogP contribution in [0.5, 0.6) is 0 Å². The van der Waals surface area contributed by atoms with Crippen LogP contribution in [0.15, 0.2) is 12.1 Å². The Morgan fingerprint density at radius 2 is 2.33 bits per heavy atom. The smallest absolute Gasteiger partial charge is 0.146 e. The van der Waals surface area contributed by atoms with E-state index in [-0.39, 0.29) is 6.04 Å². The third-order valence-electron chi connectivity index (χ3n) is 2.27.